The fraction of sp³-hybridized carbons (Fsp3) is 0.0435. The molecule has 146 valence electrons. The van der Waals surface area contributed by atoms with Gasteiger partial charge in [-0.3, -0.25) is 14.6 Å². The van der Waals surface area contributed by atoms with Crippen LogP contribution in [-0.2, 0) is 6.54 Å². The van der Waals surface area contributed by atoms with Gasteiger partial charge < -0.3 is 4.57 Å². The van der Waals surface area contributed by atoms with Crippen LogP contribution in [0.2, 0.25) is 0 Å². The summed E-state index contributed by atoms with van der Waals surface area (Å²) in [7, 11) is 0. The van der Waals surface area contributed by atoms with Crippen LogP contribution < -0.4 is 4.84 Å². The van der Waals surface area contributed by atoms with Crippen LogP contribution in [0.3, 0.4) is 0 Å². The van der Waals surface area contributed by atoms with Gasteiger partial charge in [0.25, 0.3) is 5.91 Å². The van der Waals surface area contributed by atoms with Gasteiger partial charge >= 0.3 is 0 Å². The maximum absolute atomic E-state index is 11.6. The van der Waals surface area contributed by atoms with Crippen molar-refractivity contribution in [1.29, 1.82) is 0 Å². The van der Waals surface area contributed by atoms with Gasteiger partial charge in [0, 0.05) is 34.5 Å². The minimum atomic E-state index is -0.338. The van der Waals surface area contributed by atoms with E-state index in [4.69, 9.17) is 16.8 Å². The molecule has 30 heavy (non-hydrogen) atoms. The lowest BCUT2D eigenvalue weighted by Crippen LogP contribution is -2.11. The first-order chi connectivity index (χ1) is 14.7. The van der Waals surface area contributed by atoms with Crippen molar-refractivity contribution < 1.29 is 4.79 Å². The fourth-order valence-electron chi connectivity index (χ4n) is 3.48. The van der Waals surface area contributed by atoms with Crippen molar-refractivity contribution >= 4 is 39.8 Å². The topological polar surface area (TPSA) is 72.7 Å². The van der Waals surface area contributed by atoms with E-state index in [1.807, 2.05) is 47.3 Å². The number of halogens is 1. The second-order valence-corrected chi connectivity index (χ2v) is 7.13. The number of aromatic nitrogens is 4. The lowest BCUT2D eigenvalue weighted by atomic mass is 10.1. The Kier molecular flexibility index (Phi) is 4.61. The molecule has 7 heteroatoms. The first kappa shape index (κ1) is 18.3. The molecule has 3 heterocycles. The number of nitrogens with one attached hydrogen (secondary N) is 1. The molecular weight excluding hydrogens is 398 g/mol. The number of benzene rings is 2. The van der Waals surface area contributed by atoms with Gasteiger partial charge in [-0.25, -0.2) is 9.97 Å². The quantitative estimate of drug-likeness (QED) is 0.438. The van der Waals surface area contributed by atoms with E-state index in [1.54, 1.807) is 18.3 Å². The van der Waals surface area contributed by atoms with E-state index in [2.05, 4.69) is 33.0 Å². The van der Waals surface area contributed by atoms with Gasteiger partial charge in [-0.2, -0.15) is 0 Å². The molecule has 0 saturated carbocycles. The van der Waals surface area contributed by atoms with E-state index >= 15 is 0 Å². The number of nitrogens with zero attached hydrogens (tertiary/aromatic N) is 4. The summed E-state index contributed by atoms with van der Waals surface area (Å²) in [5, 5.41) is 1.11. The molecule has 1 amide bonds. The highest BCUT2D eigenvalue weighted by molar-refractivity contribution is 6.24. The fourth-order valence-corrected chi connectivity index (χ4v) is 3.59. The molecule has 0 fully saturated rings. The van der Waals surface area contributed by atoms with Crippen molar-refractivity contribution in [2.75, 3.05) is 0 Å². The van der Waals surface area contributed by atoms with Crippen molar-refractivity contribution in [3.8, 4) is 11.3 Å². The molecule has 5 rings (SSSR count). The number of imidazole rings is 1. The molecule has 2 aromatic carbocycles. The third-order valence-corrected chi connectivity index (χ3v) is 5.18. The maximum Gasteiger partial charge on any atom is 0.265 e. The minimum absolute atomic E-state index is 0.338. The van der Waals surface area contributed by atoms with E-state index in [0.29, 0.717) is 12.1 Å². The summed E-state index contributed by atoms with van der Waals surface area (Å²) in [5.74, 6) is -0.338. The summed E-state index contributed by atoms with van der Waals surface area (Å²) in [6.45, 7) is 0.659. The zero-order valence-electron chi connectivity index (χ0n) is 15.8. The molecule has 6 nitrogen and oxygen atoms in total. The van der Waals surface area contributed by atoms with Crippen LogP contribution in [0.4, 0.5) is 0 Å². The zero-order valence-corrected chi connectivity index (χ0v) is 16.5. The Balaban J connectivity index is 1.48. The third-order valence-electron chi connectivity index (χ3n) is 5.01. The molecule has 0 aliphatic heterocycles. The largest absolute Gasteiger partial charge is 0.311 e. The number of carbonyl (C=O) groups is 1. The lowest BCUT2D eigenvalue weighted by molar-refractivity contribution is 0.0982. The van der Waals surface area contributed by atoms with Gasteiger partial charge in [0.2, 0.25) is 0 Å². The van der Waals surface area contributed by atoms with E-state index in [0.717, 1.165) is 38.9 Å². The first-order valence-corrected chi connectivity index (χ1v) is 9.76. The Labute approximate surface area is 177 Å². The number of rotatable bonds is 4. The molecule has 0 bridgehead atoms. The standard InChI is InChI=1S/C23H16ClN5O/c24-28-23(30)17-6-4-16(5-7-17)20-9-10-21-22(27-20)29(14-26-21)13-15-3-8-19-18(12-15)2-1-11-25-19/h1-12,14H,13H2,(H,28,30). The third kappa shape index (κ3) is 3.38. The SMILES string of the molecule is O=C(NCl)c1ccc(-c2ccc3ncn(Cc4ccc5ncccc5c4)c3n2)cc1. The number of hydrogen-bond donors (Lipinski definition) is 1. The molecule has 3 aromatic heterocycles. The molecule has 0 atom stereocenters. The number of fused-ring (bicyclic) bond motifs is 2. The lowest BCUT2D eigenvalue weighted by Gasteiger charge is -2.07. The zero-order chi connectivity index (χ0) is 20.5. The summed E-state index contributed by atoms with van der Waals surface area (Å²) in [4.78, 5) is 27.4. The van der Waals surface area contributed by atoms with Crippen LogP contribution in [0.1, 0.15) is 15.9 Å². The summed E-state index contributed by atoms with van der Waals surface area (Å²) in [6, 6.07) is 21.3. The molecule has 0 spiro atoms. The smallest absolute Gasteiger partial charge is 0.265 e. The van der Waals surface area contributed by atoms with Crippen LogP contribution in [0.5, 0.6) is 0 Å². The molecular formula is C23H16ClN5O. The highest BCUT2D eigenvalue weighted by Gasteiger charge is 2.09. The first-order valence-electron chi connectivity index (χ1n) is 9.38. The molecule has 5 aromatic rings. The average Bonchev–Trinajstić information content (AvgIpc) is 3.20. The predicted octanol–water partition coefficient (Wildman–Crippen LogP) is 4.58. The second-order valence-electron chi connectivity index (χ2n) is 6.94. The molecule has 0 aliphatic carbocycles. The van der Waals surface area contributed by atoms with Crippen LogP contribution in [0.25, 0.3) is 33.3 Å². The molecule has 0 saturated heterocycles. The molecule has 0 unspecified atom stereocenters. The van der Waals surface area contributed by atoms with E-state index in [1.165, 1.54) is 0 Å². The van der Waals surface area contributed by atoms with Crippen LogP contribution in [-0.4, -0.2) is 25.4 Å². The van der Waals surface area contributed by atoms with Gasteiger partial charge in [0.1, 0.15) is 5.52 Å². The number of carbonyl (C=O) groups excluding carboxylic acids is 1. The molecule has 0 radical (unpaired) electrons. The minimum Gasteiger partial charge on any atom is -0.311 e. The van der Waals surface area contributed by atoms with Gasteiger partial charge in [-0.1, -0.05) is 24.3 Å². The Morgan fingerprint density at radius 1 is 0.967 bits per heavy atom. The van der Waals surface area contributed by atoms with Crippen LogP contribution in [0, 0.1) is 0 Å². The van der Waals surface area contributed by atoms with E-state index in [-0.39, 0.29) is 5.91 Å². The Hall–Kier alpha value is -3.77. The maximum atomic E-state index is 11.6. The van der Waals surface area contributed by atoms with Gasteiger partial charge in [0.05, 0.1) is 24.1 Å². The van der Waals surface area contributed by atoms with E-state index < -0.39 is 0 Å². The van der Waals surface area contributed by atoms with Crippen molar-refractivity contribution in [2.24, 2.45) is 0 Å². The highest BCUT2D eigenvalue weighted by atomic mass is 35.5. The van der Waals surface area contributed by atoms with Gasteiger partial charge in [-0.05, 0) is 48.0 Å². The van der Waals surface area contributed by atoms with Crippen molar-refractivity contribution in [1.82, 2.24) is 24.4 Å². The Bertz CT molecular complexity index is 1380. The summed E-state index contributed by atoms with van der Waals surface area (Å²) >= 11 is 5.39. The summed E-state index contributed by atoms with van der Waals surface area (Å²) in [5.41, 5.74) is 5.98. The normalized spacial score (nSPS) is 11.1. The Morgan fingerprint density at radius 2 is 1.80 bits per heavy atom. The molecule has 1 N–H and O–H groups in total. The van der Waals surface area contributed by atoms with Crippen molar-refractivity contribution in [3.05, 3.63) is 90.4 Å². The predicted molar refractivity (Wildman–Crippen MR) is 117 cm³/mol. The Morgan fingerprint density at radius 3 is 2.63 bits per heavy atom. The van der Waals surface area contributed by atoms with Crippen LogP contribution in [0.15, 0.2) is 79.3 Å². The monoisotopic (exact) mass is 413 g/mol. The second kappa shape index (κ2) is 7.57. The van der Waals surface area contributed by atoms with Gasteiger partial charge in [0.15, 0.2) is 5.65 Å². The number of amides is 1. The van der Waals surface area contributed by atoms with Crippen molar-refractivity contribution in [2.45, 2.75) is 6.54 Å². The number of hydrogen-bond acceptors (Lipinski definition) is 4. The number of pyridine rings is 2. The van der Waals surface area contributed by atoms with Crippen LogP contribution >= 0.6 is 11.8 Å². The summed E-state index contributed by atoms with van der Waals surface area (Å²) < 4.78 is 2.03. The average molecular weight is 414 g/mol. The highest BCUT2D eigenvalue weighted by Crippen LogP contribution is 2.22. The molecule has 0 aliphatic rings. The summed E-state index contributed by atoms with van der Waals surface area (Å²) in [6.07, 6.45) is 3.61. The van der Waals surface area contributed by atoms with Gasteiger partial charge in [-0.15, -0.1) is 0 Å². The van der Waals surface area contributed by atoms with E-state index in [9.17, 15) is 4.79 Å². The van der Waals surface area contributed by atoms with Crippen molar-refractivity contribution in [3.63, 3.8) is 0 Å².